The quantitative estimate of drug-likeness (QED) is 0.868. The molecule has 0 aliphatic carbocycles. The molecule has 0 unspecified atom stereocenters. The molecule has 2 aliphatic rings. The van der Waals surface area contributed by atoms with Gasteiger partial charge in [-0.05, 0) is 30.7 Å². The number of carbonyl (C=O) groups excluding carboxylic acids is 1. The topological polar surface area (TPSA) is 49.3 Å². The van der Waals surface area contributed by atoms with Crippen LogP contribution in [0.3, 0.4) is 0 Å². The molecular weight excluding hydrogens is 307 g/mol. The van der Waals surface area contributed by atoms with Crippen LogP contribution in [0.15, 0.2) is 43.0 Å². The molecule has 2 fully saturated rings. The highest BCUT2D eigenvalue weighted by molar-refractivity contribution is 5.96. The van der Waals surface area contributed by atoms with Crippen molar-refractivity contribution in [3.63, 3.8) is 0 Å². The summed E-state index contributed by atoms with van der Waals surface area (Å²) in [4.78, 5) is 24.6. The van der Waals surface area contributed by atoms with Crippen molar-refractivity contribution in [1.82, 2.24) is 14.9 Å². The number of benzene rings is 1. The Morgan fingerprint density at radius 3 is 2.62 bits per heavy atom. The van der Waals surface area contributed by atoms with Gasteiger partial charge in [-0.15, -0.1) is 0 Å². The van der Waals surface area contributed by atoms with Crippen LogP contribution in [0.4, 0.5) is 10.1 Å². The third-order valence-corrected chi connectivity index (χ3v) is 5.02. The predicted octanol–water partition coefficient (Wildman–Crippen LogP) is 2.24. The van der Waals surface area contributed by atoms with E-state index in [1.54, 1.807) is 17.3 Å². The van der Waals surface area contributed by atoms with Gasteiger partial charge in [-0.1, -0.05) is 12.1 Å². The summed E-state index contributed by atoms with van der Waals surface area (Å²) in [5.41, 5.74) is 1.88. The van der Waals surface area contributed by atoms with Crippen molar-refractivity contribution in [2.24, 2.45) is 5.41 Å². The summed E-state index contributed by atoms with van der Waals surface area (Å²) in [7, 11) is 0. The van der Waals surface area contributed by atoms with Gasteiger partial charge in [-0.25, -0.2) is 14.4 Å². The summed E-state index contributed by atoms with van der Waals surface area (Å²) < 4.78 is 13.0. The molecule has 0 saturated carbocycles. The molecule has 1 amide bonds. The van der Waals surface area contributed by atoms with E-state index in [-0.39, 0.29) is 17.1 Å². The Bertz CT molecular complexity index is 736. The Balaban J connectivity index is 1.44. The maximum absolute atomic E-state index is 13.0. The normalized spacial score (nSPS) is 24.2. The van der Waals surface area contributed by atoms with E-state index in [2.05, 4.69) is 14.9 Å². The molecular formula is C18H19FN4O. The van der Waals surface area contributed by atoms with Crippen molar-refractivity contribution in [2.45, 2.75) is 19.4 Å². The minimum absolute atomic E-state index is 0.00690. The number of rotatable bonds is 3. The summed E-state index contributed by atoms with van der Waals surface area (Å²) in [6.45, 7) is 3.37. The highest BCUT2D eigenvalue weighted by atomic mass is 19.1. The van der Waals surface area contributed by atoms with Gasteiger partial charge < -0.3 is 4.90 Å². The van der Waals surface area contributed by atoms with Crippen LogP contribution in [0.2, 0.25) is 0 Å². The fraction of sp³-hybridized carbons (Fsp3) is 0.389. The number of aromatic nitrogens is 2. The maximum atomic E-state index is 13.0. The lowest BCUT2D eigenvalue weighted by Crippen LogP contribution is -2.31. The van der Waals surface area contributed by atoms with Crippen LogP contribution in [0, 0.1) is 11.2 Å². The van der Waals surface area contributed by atoms with Crippen molar-refractivity contribution >= 4 is 11.6 Å². The van der Waals surface area contributed by atoms with Crippen LogP contribution >= 0.6 is 0 Å². The van der Waals surface area contributed by atoms with Crippen molar-refractivity contribution in [3.05, 3.63) is 54.4 Å². The standard InChI is InChI=1S/C18H19FN4O/c19-15-3-1-14(2-4-15)10-22-6-5-18(11-22)7-17(24)23(12-18)16-8-20-13-21-9-16/h1-4,8-9,13H,5-7,10-12H2/t18-/m0/s1. The van der Waals surface area contributed by atoms with E-state index in [0.29, 0.717) is 6.42 Å². The van der Waals surface area contributed by atoms with Crippen LogP contribution in [-0.4, -0.2) is 40.4 Å². The SMILES string of the molecule is O=C1C[C@]2(CCN(Cc3ccc(F)cc3)C2)CN1c1cncnc1. The Morgan fingerprint density at radius 1 is 1.12 bits per heavy atom. The lowest BCUT2D eigenvalue weighted by atomic mass is 9.86. The van der Waals surface area contributed by atoms with E-state index in [9.17, 15) is 9.18 Å². The second-order valence-corrected chi connectivity index (χ2v) is 6.84. The van der Waals surface area contributed by atoms with Gasteiger partial charge in [0.05, 0.1) is 18.1 Å². The Kier molecular flexibility index (Phi) is 3.76. The molecule has 0 bridgehead atoms. The van der Waals surface area contributed by atoms with Gasteiger partial charge in [-0.3, -0.25) is 9.69 Å². The molecule has 5 nitrogen and oxygen atoms in total. The average molecular weight is 326 g/mol. The van der Waals surface area contributed by atoms with Crippen molar-refractivity contribution in [3.8, 4) is 0 Å². The van der Waals surface area contributed by atoms with Gasteiger partial charge >= 0.3 is 0 Å². The van der Waals surface area contributed by atoms with Crippen molar-refractivity contribution < 1.29 is 9.18 Å². The molecule has 1 spiro atoms. The second kappa shape index (κ2) is 5.94. The van der Waals surface area contributed by atoms with E-state index in [4.69, 9.17) is 0 Å². The van der Waals surface area contributed by atoms with Crippen LogP contribution < -0.4 is 4.90 Å². The molecule has 1 atom stereocenters. The molecule has 2 aromatic rings. The smallest absolute Gasteiger partial charge is 0.227 e. The lowest BCUT2D eigenvalue weighted by Gasteiger charge is -2.24. The number of nitrogens with zero attached hydrogens (tertiary/aromatic N) is 4. The fourth-order valence-electron chi connectivity index (χ4n) is 3.85. The van der Waals surface area contributed by atoms with E-state index >= 15 is 0 Å². The largest absolute Gasteiger partial charge is 0.309 e. The number of hydrogen-bond acceptors (Lipinski definition) is 4. The van der Waals surface area contributed by atoms with Gasteiger partial charge in [-0.2, -0.15) is 0 Å². The number of likely N-dealkylation sites (tertiary alicyclic amines) is 1. The molecule has 1 aromatic heterocycles. The Hall–Kier alpha value is -2.34. The van der Waals surface area contributed by atoms with Gasteiger partial charge in [0.1, 0.15) is 12.1 Å². The number of anilines is 1. The number of hydrogen-bond donors (Lipinski definition) is 0. The van der Waals surface area contributed by atoms with Crippen molar-refractivity contribution in [1.29, 1.82) is 0 Å². The summed E-state index contributed by atoms with van der Waals surface area (Å²) in [6.07, 6.45) is 6.43. The number of halogens is 1. The number of amides is 1. The van der Waals surface area contributed by atoms with Crippen LogP contribution in [0.25, 0.3) is 0 Å². The molecule has 2 saturated heterocycles. The minimum Gasteiger partial charge on any atom is -0.309 e. The summed E-state index contributed by atoms with van der Waals surface area (Å²) >= 11 is 0. The fourth-order valence-corrected chi connectivity index (χ4v) is 3.85. The van der Waals surface area contributed by atoms with Crippen LogP contribution in [0.5, 0.6) is 0 Å². The molecule has 124 valence electrons. The molecule has 3 heterocycles. The Labute approximate surface area is 140 Å². The molecule has 24 heavy (non-hydrogen) atoms. The van der Waals surface area contributed by atoms with E-state index < -0.39 is 0 Å². The summed E-state index contributed by atoms with van der Waals surface area (Å²) in [6, 6.07) is 6.65. The molecule has 0 radical (unpaired) electrons. The monoisotopic (exact) mass is 326 g/mol. The van der Waals surface area contributed by atoms with Crippen LogP contribution in [0.1, 0.15) is 18.4 Å². The maximum Gasteiger partial charge on any atom is 0.227 e. The van der Waals surface area contributed by atoms with E-state index in [1.165, 1.54) is 18.5 Å². The van der Waals surface area contributed by atoms with E-state index in [0.717, 1.165) is 43.9 Å². The number of carbonyl (C=O) groups is 1. The van der Waals surface area contributed by atoms with Gasteiger partial charge in [0.15, 0.2) is 0 Å². The highest BCUT2D eigenvalue weighted by Crippen LogP contribution is 2.41. The van der Waals surface area contributed by atoms with Gasteiger partial charge in [0.2, 0.25) is 5.91 Å². The first-order valence-corrected chi connectivity index (χ1v) is 8.16. The third-order valence-electron chi connectivity index (χ3n) is 5.02. The van der Waals surface area contributed by atoms with Gasteiger partial charge in [0, 0.05) is 31.5 Å². The highest BCUT2D eigenvalue weighted by Gasteiger charge is 2.47. The van der Waals surface area contributed by atoms with Gasteiger partial charge in [0.25, 0.3) is 0 Å². The minimum atomic E-state index is -0.209. The van der Waals surface area contributed by atoms with Crippen LogP contribution in [-0.2, 0) is 11.3 Å². The molecule has 4 rings (SSSR count). The Morgan fingerprint density at radius 2 is 1.88 bits per heavy atom. The van der Waals surface area contributed by atoms with E-state index in [1.807, 2.05) is 12.1 Å². The molecule has 6 heteroatoms. The van der Waals surface area contributed by atoms with Crippen molar-refractivity contribution in [2.75, 3.05) is 24.5 Å². The first-order chi connectivity index (χ1) is 11.6. The predicted molar refractivity (Wildman–Crippen MR) is 87.7 cm³/mol. The second-order valence-electron chi connectivity index (χ2n) is 6.84. The molecule has 1 aromatic carbocycles. The molecule has 2 aliphatic heterocycles. The zero-order valence-electron chi connectivity index (χ0n) is 13.4. The lowest BCUT2D eigenvalue weighted by molar-refractivity contribution is -0.117. The zero-order valence-corrected chi connectivity index (χ0v) is 13.4. The summed E-state index contributed by atoms with van der Waals surface area (Å²) in [5, 5.41) is 0. The summed E-state index contributed by atoms with van der Waals surface area (Å²) in [5.74, 6) is -0.0628. The first-order valence-electron chi connectivity index (χ1n) is 8.16. The third kappa shape index (κ3) is 2.89. The molecule has 0 N–H and O–H groups in total. The average Bonchev–Trinajstić information content (AvgIpc) is 3.13. The first kappa shape index (κ1) is 15.2. The zero-order chi connectivity index (χ0) is 16.6.